The normalized spacial score (nSPS) is 10.6. The van der Waals surface area contributed by atoms with Crippen LogP contribution in [0.2, 0.25) is 0 Å². The van der Waals surface area contributed by atoms with Crippen LogP contribution in [0.4, 0.5) is 0 Å². The topological polar surface area (TPSA) is 131 Å². The van der Waals surface area contributed by atoms with Gasteiger partial charge in [-0.2, -0.15) is 0 Å². The molecule has 2 heterocycles. The monoisotopic (exact) mass is 373 g/mol. The molecular formula is C18H23N5O4. The quantitative estimate of drug-likeness (QED) is 0.480. The van der Waals surface area contributed by atoms with Crippen LogP contribution in [0.5, 0.6) is 5.88 Å². The summed E-state index contributed by atoms with van der Waals surface area (Å²) in [6.07, 6.45) is 1.69. The summed E-state index contributed by atoms with van der Waals surface area (Å²) in [5.41, 5.74) is 6.64. The number of hydrogen-bond acceptors (Lipinski definition) is 7. The fourth-order valence-corrected chi connectivity index (χ4v) is 2.32. The van der Waals surface area contributed by atoms with Gasteiger partial charge in [0.15, 0.2) is 0 Å². The van der Waals surface area contributed by atoms with Crippen molar-refractivity contribution in [3.05, 3.63) is 42.6 Å². The molecule has 0 radical (unpaired) electrons. The van der Waals surface area contributed by atoms with E-state index in [0.29, 0.717) is 18.1 Å². The minimum atomic E-state index is -0.541. The number of primary amides is 1. The van der Waals surface area contributed by atoms with Gasteiger partial charge in [0.2, 0.25) is 17.7 Å². The van der Waals surface area contributed by atoms with Crippen molar-refractivity contribution in [1.82, 2.24) is 20.2 Å². The summed E-state index contributed by atoms with van der Waals surface area (Å²) in [6.45, 7) is 0.447. The van der Waals surface area contributed by atoms with E-state index >= 15 is 0 Å². The van der Waals surface area contributed by atoms with E-state index in [1.54, 1.807) is 17.2 Å². The molecule has 0 aromatic carbocycles. The summed E-state index contributed by atoms with van der Waals surface area (Å²) in [5, 5.41) is 11.3. The van der Waals surface area contributed by atoms with E-state index < -0.39 is 5.91 Å². The van der Waals surface area contributed by atoms with Crippen LogP contribution in [0.15, 0.2) is 42.6 Å². The van der Waals surface area contributed by atoms with Crippen molar-refractivity contribution < 1.29 is 19.4 Å². The molecule has 144 valence electrons. The molecule has 0 unspecified atom stereocenters. The predicted molar refractivity (Wildman–Crippen MR) is 98.7 cm³/mol. The van der Waals surface area contributed by atoms with Crippen molar-refractivity contribution in [1.29, 1.82) is 0 Å². The van der Waals surface area contributed by atoms with Crippen molar-refractivity contribution in [2.45, 2.75) is 0 Å². The summed E-state index contributed by atoms with van der Waals surface area (Å²) in [5.74, 6) is -0.428. The Kier molecular flexibility index (Phi) is 8.14. The van der Waals surface area contributed by atoms with E-state index in [2.05, 4.69) is 15.3 Å². The Labute approximate surface area is 157 Å². The molecule has 0 saturated heterocycles. The Morgan fingerprint density at radius 3 is 2.67 bits per heavy atom. The molecule has 0 bridgehead atoms. The van der Waals surface area contributed by atoms with Gasteiger partial charge >= 0.3 is 0 Å². The highest BCUT2D eigenvalue weighted by Crippen LogP contribution is 2.17. The highest BCUT2D eigenvalue weighted by molar-refractivity contribution is 5.80. The molecule has 2 rings (SSSR count). The smallest absolute Gasteiger partial charge is 0.234 e. The van der Waals surface area contributed by atoms with E-state index in [-0.39, 0.29) is 38.8 Å². The van der Waals surface area contributed by atoms with Crippen molar-refractivity contribution in [2.24, 2.45) is 5.73 Å². The summed E-state index contributed by atoms with van der Waals surface area (Å²) in [4.78, 5) is 33.2. The Bertz CT molecular complexity index is 742. The fraction of sp³-hybridized carbons (Fsp3) is 0.333. The van der Waals surface area contributed by atoms with Crippen LogP contribution >= 0.6 is 0 Å². The number of aliphatic hydroxyl groups excluding tert-OH is 1. The second-order valence-corrected chi connectivity index (χ2v) is 5.68. The highest BCUT2D eigenvalue weighted by Gasteiger charge is 2.13. The van der Waals surface area contributed by atoms with Gasteiger partial charge in [-0.05, 0) is 18.2 Å². The molecule has 0 aliphatic heterocycles. The predicted octanol–water partition coefficient (Wildman–Crippen LogP) is -0.582. The molecule has 0 fully saturated rings. The number of nitrogens with zero attached hydrogens (tertiary/aromatic N) is 3. The van der Waals surface area contributed by atoms with E-state index in [0.717, 1.165) is 5.69 Å². The number of nitrogens with two attached hydrogens (primary N) is 1. The van der Waals surface area contributed by atoms with Crippen molar-refractivity contribution in [2.75, 3.05) is 39.4 Å². The van der Waals surface area contributed by atoms with Crippen LogP contribution in [0.1, 0.15) is 0 Å². The zero-order chi connectivity index (χ0) is 19.5. The van der Waals surface area contributed by atoms with Crippen molar-refractivity contribution >= 4 is 11.8 Å². The first kappa shape index (κ1) is 20.3. The number of aromatic nitrogens is 2. The molecule has 9 heteroatoms. The first-order valence-corrected chi connectivity index (χ1v) is 8.48. The van der Waals surface area contributed by atoms with E-state index in [4.69, 9.17) is 15.6 Å². The Morgan fingerprint density at radius 2 is 1.96 bits per heavy atom. The largest absolute Gasteiger partial charge is 0.476 e. The third-order valence-electron chi connectivity index (χ3n) is 3.49. The van der Waals surface area contributed by atoms with Crippen molar-refractivity contribution in [3.8, 4) is 17.3 Å². The van der Waals surface area contributed by atoms with Gasteiger partial charge in [-0.1, -0.05) is 12.1 Å². The highest BCUT2D eigenvalue weighted by atomic mass is 16.5. The average Bonchev–Trinajstić information content (AvgIpc) is 2.67. The number of ether oxygens (including phenoxy) is 1. The number of pyridine rings is 2. The lowest BCUT2D eigenvalue weighted by molar-refractivity contribution is -0.124. The first-order valence-electron chi connectivity index (χ1n) is 8.48. The van der Waals surface area contributed by atoms with Crippen molar-refractivity contribution in [3.63, 3.8) is 0 Å². The van der Waals surface area contributed by atoms with Crippen LogP contribution in [0, 0.1) is 0 Å². The fourth-order valence-electron chi connectivity index (χ4n) is 2.32. The number of aliphatic hydroxyl groups is 1. The Balaban J connectivity index is 1.90. The number of amides is 2. The first-order chi connectivity index (χ1) is 13.1. The number of hydrogen-bond donors (Lipinski definition) is 3. The number of rotatable bonds is 11. The third kappa shape index (κ3) is 7.38. The average molecular weight is 373 g/mol. The van der Waals surface area contributed by atoms with Crippen LogP contribution in [-0.2, 0) is 9.59 Å². The van der Waals surface area contributed by atoms with E-state index in [1.165, 1.54) is 0 Å². The minimum absolute atomic E-state index is 0.0201. The van der Waals surface area contributed by atoms with Crippen LogP contribution < -0.4 is 15.8 Å². The van der Waals surface area contributed by atoms with E-state index in [9.17, 15) is 9.59 Å². The second kappa shape index (κ2) is 10.8. The molecule has 0 saturated carbocycles. The molecule has 2 aromatic rings. The zero-order valence-corrected chi connectivity index (χ0v) is 14.9. The SMILES string of the molecule is NC(=O)CN(CCOc1cccc(-c2ccccn2)n1)CC(=O)NCCO. The lowest BCUT2D eigenvalue weighted by Crippen LogP contribution is -2.43. The van der Waals surface area contributed by atoms with Crippen LogP contribution in [0.3, 0.4) is 0 Å². The lowest BCUT2D eigenvalue weighted by atomic mass is 10.2. The van der Waals surface area contributed by atoms with Gasteiger partial charge < -0.3 is 20.9 Å². The molecule has 2 amide bonds. The molecule has 0 aliphatic carbocycles. The van der Waals surface area contributed by atoms with Crippen LogP contribution in [-0.4, -0.2) is 71.2 Å². The molecule has 9 nitrogen and oxygen atoms in total. The van der Waals surface area contributed by atoms with Gasteiger partial charge in [-0.25, -0.2) is 4.98 Å². The van der Waals surface area contributed by atoms with Gasteiger partial charge in [0.05, 0.1) is 31.1 Å². The van der Waals surface area contributed by atoms with Gasteiger partial charge in [0.25, 0.3) is 0 Å². The second-order valence-electron chi connectivity index (χ2n) is 5.68. The number of carbonyl (C=O) groups excluding carboxylic acids is 2. The summed E-state index contributed by atoms with van der Waals surface area (Å²) in [7, 11) is 0. The number of carbonyl (C=O) groups is 2. The molecular weight excluding hydrogens is 350 g/mol. The molecule has 0 spiro atoms. The third-order valence-corrected chi connectivity index (χ3v) is 3.49. The Morgan fingerprint density at radius 1 is 1.15 bits per heavy atom. The van der Waals surface area contributed by atoms with Gasteiger partial charge in [0, 0.05) is 25.4 Å². The Hall–Kier alpha value is -3.04. The van der Waals surface area contributed by atoms with Crippen LogP contribution in [0.25, 0.3) is 11.4 Å². The molecule has 0 aliphatic rings. The van der Waals surface area contributed by atoms with Gasteiger partial charge in [0.1, 0.15) is 6.61 Å². The maximum absolute atomic E-state index is 11.8. The minimum Gasteiger partial charge on any atom is -0.476 e. The zero-order valence-electron chi connectivity index (χ0n) is 14.9. The summed E-state index contributed by atoms with van der Waals surface area (Å²) < 4.78 is 5.64. The number of nitrogens with one attached hydrogen (secondary N) is 1. The van der Waals surface area contributed by atoms with Gasteiger partial charge in [-0.15, -0.1) is 0 Å². The standard InChI is InChI=1S/C18H23N5O4/c19-16(25)12-23(13-17(26)21-8-10-24)9-11-27-18-6-3-5-15(22-18)14-4-1-2-7-20-14/h1-7,24H,8-13H2,(H2,19,25)(H,21,26). The molecule has 0 atom stereocenters. The maximum atomic E-state index is 11.8. The maximum Gasteiger partial charge on any atom is 0.234 e. The molecule has 2 aromatic heterocycles. The summed E-state index contributed by atoms with van der Waals surface area (Å²) in [6, 6.07) is 10.9. The van der Waals surface area contributed by atoms with E-state index in [1.807, 2.05) is 30.3 Å². The summed E-state index contributed by atoms with van der Waals surface area (Å²) >= 11 is 0. The molecule has 27 heavy (non-hydrogen) atoms. The van der Waals surface area contributed by atoms with Gasteiger partial charge in [-0.3, -0.25) is 19.5 Å². The molecule has 4 N–H and O–H groups in total. The lowest BCUT2D eigenvalue weighted by Gasteiger charge is -2.20.